The molecule has 2 unspecified atom stereocenters. The number of aliphatic hydroxyl groups is 2. The van der Waals surface area contributed by atoms with Crippen LogP contribution in [0.2, 0.25) is 0 Å². The van der Waals surface area contributed by atoms with Crippen LogP contribution in [0.1, 0.15) is 37.0 Å². The molecule has 0 radical (unpaired) electrons. The van der Waals surface area contributed by atoms with E-state index in [0.717, 1.165) is 19.3 Å². The van der Waals surface area contributed by atoms with Gasteiger partial charge < -0.3 is 15.9 Å². The van der Waals surface area contributed by atoms with Crippen LogP contribution in [0.4, 0.5) is 0 Å². The second-order valence-corrected chi connectivity index (χ2v) is 4.14. The number of nitrogens with two attached hydrogens (primary N) is 1. The van der Waals surface area contributed by atoms with Gasteiger partial charge in [-0.05, 0) is 24.0 Å². The molecule has 0 heterocycles. The molecule has 4 heteroatoms. The minimum absolute atomic E-state index is 0.497. The molecule has 2 atom stereocenters. The first-order valence-corrected chi connectivity index (χ1v) is 5.80. The third-order valence-electron chi connectivity index (χ3n) is 2.73. The van der Waals surface area contributed by atoms with Crippen LogP contribution >= 0.6 is 0 Å². The number of amides is 1. The Morgan fingerprint density at radius 1 is 1.29 bits per heavy atom. The predicted octanol–water partition coefficient (Wildman–Crippen LogP) is 0.909. The Kier molecular flexibility index (Phi) is 5.12. The molecule has 94 valence electrons. The lowest BCUT2D eigenvalue weighted by Crippen LogP contribution is -2.33. The maximum atomic E-state index is 10.7. The van der Waals surface area contributed by atoms with Crippen molar-refractivity contribution in [3.8, 4) is 0 Å². The van der Waals surface area contributed by atoms with E-state index < -0.39 is 18.1 Å². The Balaban J connectivity index is 2.69. The predicted molar refractivity (Wildman–Crippen MR) is 65.2 cm³/mol. The van der Waals surface area contributed by atoms with Gasteiger partial charge >= 0.3 is 0 Å². The van der Waals surface area contributed by atoms with Gasteiger partial charge in [0.2, 0.25) is 5.91 Å². The molecule has 0 aliphatic carbocycles. The molecular weight excluding hydrogens is 218 g/mol. The van der Waals surface area contributed by atoms with E-state index in [1.54, 1.807) is 12.1 Å². The lowest BCUT2D eigenvalue weighted by Gasteiger charge is -2.15. The highest BCUT2D eigenvalue weighted by atomic mass is 16.3. The number of rotatable bonds is 6. The molecule has 0 aliphatic heterocycles. The summed E-state index contributed by atoms with van der Waals surface area (Å²) in [5.74, 6) is -0.924. The van der Waals surface area contributed by atoms with Crippen LogP contribution < -0.4 is 5.73 Å². The first-order chi connectivity index (χ1) is 8.06. The molecule has 0 aromatic heterocycles. The van der Waals surface area contributed by atoms with Crippen LogP contribution in [0, 0.1) is 0 Å². The van der Waals surface area contributed by atoms with Crippen molar-refractivity contribution in [1.82, 2.24) is 0 Å². The fraction of sp³-hybridized carbons (Fsp3) is 0.462. The second-order valence-electron chi connectivity index (χ2n) is 4.14. The molecule has 0 aliphatic rings. The van der Waals surface area contributed by atoms with Gasteiger partial charge in [0.1, 0.15) is 6.10 Å². The topological polar surface area (TPSA) is 83.6 Å². The number of benzene rings is 1. The maximum Gasteiger partial charge on any atom is 0.249 e. The summed E-state index contributed by atoms with van der Waals surface area (Å²) in [5.41, 5.74) is 6.59. The molecule has 1 rings (SSSR count). The zero-order valence-electron chi connectivity index (χ0n) is 9.97. The fourth-order valence-electron chi connectivity index (χ4n) is 1.60. The number of primary amides is 1. The van der Waals surface area contributed by atoms with E-state index in [0.29, 0.717) is 5.56 Å². The fourth-order valence-corrected chi connectivity index (χ4v) is 1.60. The number of carbonyl (C=O) groups is 1. The SMILES string of the molecule is CCCCc1ccc(C(O)C(O)C(N)=O)cc1. The van der Waals surface area contributed by atoms with Crippen molar-refractivity contribution < 1.29 is 15.0 Å². The van der Waals surface area contributed by atoms with Gasteiger partial charge in [-0.25, -0.2) is 0 Å². The number of aliphatic hydroxyl groups excluding tert-OH is 2. The van der Waals surface area contributed by atoms with Crippen molar-refractivity contribution in [3.63, 3.8) is 0 Å². The number of hydrogen-bond acceptors (Lipinski definition) is 3. The van der Waals surface area contributed by atoms with Crippen molar-refractivity contribution in [3.05, 3.63) is 35.4 Å². The number of carbonyl (C=O) groups excluding carboxylic acids is 1. The number of aryl methyl sites for hydroxylation is 1. The van der Waals surface area contributed by atoms with Crippen LogP contribution in [0.25, 0.3) is 0 Å². The molecule has 4 N–H and O–H groups in total. The molecule has 1 amide bonds. The van der Waals surface area contributed by atoms with Crippen molar-refractivity contribution in [2.24, 2.45) is 5.73 Å². The van der Waals surface area contributed by atoms with Gasteiger partial charge in [-0.2, -0.15) is 0 Å². The molecule has 0 saturated carbocycles. The lowest BCUT2D eigenvalue weighted by atomic mass is 10.0. The highest BCUT2D eigenvalue weighted by Gasteiger charge is 2.22. The maximum absolute atomic E-state index is 10.7. The average Bonchev–Trinajstić information content (AvgIpc) is 2.35. The molecular formula is C13H19NO3. The van der Waals surface area contributed by atoms with Crippen molar-refractivity contribution >= 4 is 5.91 Å². The molecule has 0 saturated heterocycles. The molecule has 17 heavy (non-hydrogen) atoms. The minimum Gasteiger partial charge on any atom is -0.385 e. The van der Waals surface area contributed by atoms with E-state index in [1.807, 2.05) is 12.1 Å². The van der Waals surface area contributed by atoms with Gasteiger partial charge in [-0.3, -0.25) is 4.79 Å². The standard InChI is InChI=1S/C13H19NO3/c1-2-3-4-9-5-7-10(8-6-9)11(15)12(16)13(14)17/h5-8,11-12,15-16H,2-4H2,1H3,(H2,14,17). The largest absolute Gasteiger partial charge is 0.385 e. The summed E-state index contributed by atoms with van der Waals surface area (Å²) < 4.78 is 0. The zero-order chi connectivity index (χ0) is 12.8. The highest BCUT2D eigenvalue weighted by Crippen LogP contribution is 2.18. The van der Waals surface area contributed by atoms with E-state index >= 15 is 0 Å². The van der Waals surface area contributed by atoms with Crippen molar-refractivity contribution in [2.45, 2.75) is 38.4 Å². The first-order valence-electron chi connectivity index (χ1n) is 5.80. The first kappa shape index (κ1) is 13.7. The Labute approximate surface area is 101 Å². The van der Waals surface area contributed by atoms with Gasteiger partial charge in [0.05, 0.1) is 0 Å². The van der Waals surface area contributed by atoms with Crippen LogP contribution in [0.3, 0.4) is 0 Å². The summed E-state index contributed by atoms with van der Waals surface area (Å²) in [6, 6.07) is 7.20. The van der Waals surface area contributed by atoms with Gasteiger partial charge in [0.15, 0.2) is 6.10 Å². The van der Waals surface area contributed by atoms with E-state index in [1.165, 1.54) is 5.56 Å². The van der Waals surface area contributed by atoms with Crippen LogP contribution in [-0.4, -0.2) is 22.2 Å². The van der Waals surface area contributed by atoms with E-state index in [2.05, 4.69) is 6.92 Å². The number of unbranched alkanes of at least 4 members (excludes halogenated alkanes) is 1. The zero-order valence-corrected chi connectivity index (χ0v) is 9.97. The summed E-state index contributed by atoms with van der Waals surface area (Å²) in [6.45, 7) is 2.13. The Hall–Kier alpha value is -1.39. The van der Waals surface area contributed by atoms with E-state index in [-0.39, 0.29) is 0 Å². The summed E-state index contributed by atoms with van der Waals surface area (Å²) in [6.07, 6.45) is 0.422. The van der Waals surface area contributed by atoms with Gasteiger partial charge in [0, 0.05) is 0 Å². The molecule has 0 spiro atoms. The molecule has 0 fully saturated rings. The van der Waals surface area contributed by atoms with E-state index in [9.17, 15) is 15.0 Å². The van der Waals surface area contributed by atoms with Gasteiger partial charge in [0.25, 0.3) is 0 Å². The molecule has 1 aromatic rings. The molecule has 1 aromatic carbocycles. The van der Waals surface area contributed by atoms with Crippen LogP contribution in [0.15, 0.2) is 24.3 Å². The summed E-state index contributed by atoms with van der Waals surface area (Å²) in [4.78, 5) is 10.7. The van der Waals surface area contributed by atoms with E-state index in [4.69, 9.17) is 5.73 Å². The van der Waals surface area contributed by atoms with Crippen molar-refractivity contribution in [1.29, 1.82) is 0 Å². The summed E-state index contributed by atoms with van der Waals surface area (Å²) in [7, 11) is 0. The third-order valence-corrected chi connectivity index (χ3v) is 2.73. The summed E-state index contributed by atoms with van der Waals surface area (Å²) in [5, 5.41) is 19.0. The van der Waals surface area contributed by atoms with Gasteiger partial charge in [-0.1, -0.05) is 37.6 Å². The smallest absolute Gasteiger partial charge is 0.249 e. The molecule has 4 nitrogen and oxygen atoms in total. The van der Waals surface area contributed by atoms with Crippen molar-refractivity contribution in [2.75, 3.05) is 0 Å². The lowest BCUT2D eigenvalue weighted by molar-refractivity contribution is -0.131. The monoisotopic (exact) mass is 237 g/mol. The highest BCUT2D eigenvalue weighted by molar-refractivity contribution is 5.79. The second kappa shape index (κ2) is 6.37. The minimum atomic E-state index is -1.56. The average molecular weight is 237 g/mol. The third kappa shape index (κ3) is 3.84. The Morgan fingerprint density at radius 2 is 1.88 bits per heavy atom. The van der Waals surface area contributed by atoms with Crippen LogP contribution in [0.5, 0.6) is 0 Å². The summed E-state index contributed by atoms with van der Waals surface area (Å²) >= 11 is 0. The quantitative estimate of drug-likeness (QED) is 0.687. The number of hydrogen-bond donors (Lipinski definition) is 3. The Bertz CT molecular complexity index is 361. The van der Waals surface area contributed by atoms with Crippen LogP contribution in [-0.2, 0) is 11.2 Å². The van der Waals surface area contributed by atoms with Gasteiger partial charge in [-0.15, -0.1) is 0 Å². The molecule has 0 bridgehead atoms. The normalized spacial score (nSPS) is 14.3. The Morgan fingerprint density at radius 3 is 2.35 bits per heavy atom.